The van der Waals surface area contributed by atoms with Crippen molar-refractivity contribution in [2.45, 2.75) is 40.7 Å². The molecule has 0 aliphatic rings. The highest BCUT2D eigenvalue weighted by Crippen LogP contribution is 2.26. The van der Waals surface area contributed by atoms with Crippen LogP contribution in [-0.4, -0.2) is 17.6 Å². The summed E-state index contributed by atoms with van der Waals surface area (Å²) in [7, 11) is 0. The molecule has 1 aromatic heterocycles. The largest absolute Gasteiger partial charge is 0.475 e. The highest BCUT2D eigenvalue weighted by molar-refractivity contribution is 5.84. The molecule has 1 unspecified atom stereocenters. The second-order valence-electron chi connectivity index (χ2n) is 5.75. The Bertz CT molecular complexity index is 407. The summed E-state index contributed by atoms with van der Waals surface area (Å²) >= 11 is 0. The van der Waals surface area contributed by atoms with Crippen molar-refractivity contribution in [3.63, 3.8) is 0 Å². The van der Waals surface area contributed by atoms with E-state index < -0.39 is 5.97 Å². The SMILES string of the molecule is CC(NCC(C)(C)C(C)C)c1ccc(C(=O)O)o1. The summed E-state index contributed by atoms with van der Waals surface area (Å²) < 4.78 is 5.27. The van der Waals surface area contributed by atoms with E-state index in [4.69, 9.17) is 9.52 Å². The zero-order chi connectivity index (χ0) is 13.9. The van der Waals surface area contributed by atoms with Crippen LogP contribution in [0.5, 0.6) is 0 Å². The summed E-state index contributed by atoms with van der Waals surface area (Å²) in [4.78, 5) is 10.7. The molecule has 1 atom stereocenters. The van der Waals surface area contributed by atoms with E-state index in [9.17, 15) is 4.79 Å². The molecule has 0 aliphatic heterocycles. The van der Waals surface area contributed by atoms with Crippen molar-refractivity contribution < 1.29 is 14.3 Å². The van der Waals surface area contributed by atoms with Crippen LogP contribution in [0.4, 0.5) is 0 Å². The number of rotatable bonds is 6. The Hall–Kier alpha value is -1.29. The van der Waals surface area contributed by atoms with Gasteiger partial charge in [-0.05, 0) is 30.4 Å². The van der Waals surface area contributed by atoms with E-state index in [0.717, 1.165) is 6.54 Å². The van der Waals surface area contributed by atoms with Gasteiger partial charge in [0.05, 0.1) is 6.04 Å². The molecule has 0 amide bonds. The van der Waals surface area contributed by atoms with E-state index in [1.807, 2.05) is 6.92 Å². The van der Waals surface area contributed by atoms with Gasteiger partial charge in [-0.1, -0.05) is 27.7 Å². The normalized spacial score (nSPS) is 13.9. The van der Waals surface area contributed by atoms with E-state index in [-0.39, 0.29) is 17.2 Å². The van der Waals surface area contributed by atoms with Crippen LogP contribution >= 0.6 is 0 Å². The molecule has 0 aromatic carbocycles. The van der Waals surface area contributed by atoms with Crippen LogP contribution in [0, 0.1) is 11.3 Å². The van der Waals surface area contributed by atoms with Gasteiger partial charge in [-0.25, -0.2) is 4.79 Å². The fraction of sp³-hybridized carbons (Fsp3) is 0.643. The summed E-state index contributed by atoms with van der Waals surface area (Å²) in [6.45, 7) is 11.6. The molecule has 0 bridgehead atoms. The summed E-state index contributed by atoms with van der Waals surface area (Å²) in [6, 6.07) is 3.21. The van der Waals surface area contributed by atoms with Crippen molar-refractivity contribution in [2.24, 2.45) is 11.3 Å². The average molecular weight is 253 g/mol. The molecule has 0 aliphatic carbocycles. The number of carboxylic acids is 1. The Balaban J connectivity index is 2.60. The number of aromatic carboxylic acids is 1. The molecular formula is C14H23NO3. The van der Waals surface area contributed by atoms with Gasteiger partial charge in [0.15, 0.2) is 0 Å². The van der Waals surface area contributed by atoms with Crippen molar-refractivity contribution >= 4 is 5.97 Å². The minimum Gasteiger partial charge on any atom is -0.475 e. The van der Waals surface area contributed by atoms with Gasteiger partial charge in [0.2, 0.25) is 5.76 Å². The molecule has 1 aromatic rings. The molecule has 0 spiro atoms. The van der Waals surface area contributed by atoms with Gasteiger partial charge in [0.25, 0.3) is 0 Å². The van der Waals surface area contributed by atoms with Gasteiger partial charge in [0.1, 0.15) is 5.76 Å². The monoisotopic (exact) mass is 253 g/mol. The summed E-state index contributed by atoms with van der Waals surface area (Å²) in [5, 5.41) is 12.2. The third kappa shape index (κ3) is 3.60. The lowest BCUT2D eigenvalue weighted by atomic mass is 9.81. The topological polar surface area (TPSA) is 62.5 Å². The molecule has 0 saturated heterocycles. The minimum absolute atomic E-state index is 0.0103. The van der Waals surface area contributed by atoms with E-state index in [0.29, 0.717) is 11.7 Å². The maximum atomic E-state index is 10.7. The quantitative estimate of drug-likeness (QED) is 0.816. The lowest BCUT2D eigenvalue weighted by molar-refractivity contribution is 0.0659. The minimum atomic E-state index is -1.03. The molecule has 4 heteroatoms. The van der Waals surface area contributed by atoms with Gasteiger partial charge in [-0.2, -0.15) is 0 Å². The van der Waals surface area contributed by atoms with Gasteiger partial charge < -0.3 is 14.8 Å². The smallest absolute Gasteiger partial charge is 0.371 e. The zero-order valence-corrected chi connectivity index (χ0v) is 11.8. The summed E-state index contributed by atoms with van der Waals surface area (Å²) in [5.74, 6) is 0.188. The summed E-state index contributed by atoms with van der Waals surface area (Å²) in [6.07, 6.45) is 0. The number of hydrogen-bond acceptors (Lipinski definition) is 3. The Kier molecular flexibility index (Phi) is 4.57. The fourth-order valence-corrected chi connectivity index (χ4v) is 1.42. The molecule has 102 valence electrons. The highest BCUT2D eigenvalue weighted by Gasteiger charge is 2.23. The maximum Gasteiger partial charge on any atom is 0.371 e. The third-order valence-corrected chi connectivity index (χ3v) is 3.69. The molecule has 1 heterocycles. The van der Waals surface area contributed by atoms with Crippen LogP contribution in [0.15, 0.2) is 16.5 Å². The van der Waals surface area contributed by atoms with Crippen LogP contribution in [0.3, 0.4) is 0 Å². The molecule has 4 nitrogen and oxygen atoms in total. The van der Waals surface area contributed by atoms with Crippen LogP contribution in [0.1, 0.15) is 57.0 Å². The Labute approximate surface area is 108 Å². The number of carboxylic acid groups (broad SMARTS) is 1. The van der Waals surface area contributed by atoms with Crippen molar-refractivity contribution in [3.05, 3.63) is 23.7 Å². The van der Waals surface area contributed by atoms with E-state index in [1.165, 1.54) is 6.07 Å². The van der Waals surface area contributed by atoms with Crippen molar-refractivity contribution in [3.8, 4) is 0 Å². The Morgan fingerprint density at radius 3 is 2.44 bits per heavy atom. The van der Waals surface area contributed by atoms with E-state index in [2.05, 4.69) is 33.0 Å². The van der Waals surface area contributed by atoms with Gasteiger partial charge in [-0.3, -0.25) is 0 Å². The van der Waals surface area contributed by atoms with Crippen LogP contribution in [0.2, 0.25) is 0 Å². The lowest BCUT2D eigenvalue weighted by Gasteiger charge is -2.30. The van der Waals surface area contributed by atoms with E-state index in [1.54, 1.807) is 6.07 Å². The lowest BCUT2D eigenvalue weighted by Crippen LogP contribution is -2.34. The van der Waals surface area contributed by atoms with Gasteiger partial charge in [0, 0.05) is 6.54 Å². The van der Waals surface area contributed by atoms with Crippen molar-refractivity contribution in [2.75, 3.05) is 6.54 Å². The Morgan fingerprint density at radius 2 is 2.00 bits per heavy atom. The number of hydrogen-bond donors (Lipinski definition) is 2. The second kappa shape index (κ2) is 5.57. The Morgan fingerprint density at radius 1 is 1.39 bits per heavy atom. The molecular weight excluding hydrogens is 230 g/mol. The first-order chi connectivity index (χ1) is 8.24. The first-order valence-corrected chi connectivity index (χ1v) is 6.30. The molecule has 1 rings (SSSR count). The predicted octanol–water partition coefficient (Wildman–Crippen LogP) is 3.31. The van der Waals surface area contributed by atoms with E-state index >= 15 is 0 Å². The fourth-order valence-electron chi connectivity index (χ4n) is 1.42. The number of furan rings is 1. The summed E-state index contributed by atoms with van der Waals surface area (Å²) in [5.41, 5.74) is 0.191. The van der Waals surface area contributed by atoms with Crippen LogP contribution in [-0.2, 0) is 0 Å². The van der Waals surface area contributed by atoms with Crippen LogP contribution < -0.4 is 5.32 Å². The maximum absolute atomic E-state index is 10.7. The molecule has 0 fully saturated rings. The standard InChI is InChI=1S/C14H23NO3/c1-9(2)14(4,5)8-15-10(3)11-6-7-12(18-11)13(16)17/h6-7,9-10,15H,8H2,1-5H3,(H,16,17). The van der Waals surface area contributed by atoms with Crippen molar-refractivity contribution in [1.82, 2.24) is 5.32 Å². The predicted molar refractivity (Wildman–Crippen MR) is 70.7 cm³/mol. The highest BCUT2D eigenvalue weighted by atomic mass is 16.4. The second-order valence-corrected chi connectivity index (χ2v) is 5.75. The first-order valence-electron chi connectivity index (χ1n) is 6.30. The zero-order valence-electron chi connectivity index (χ0n) is 11.8. The molecule has 2 N–H and O–H groups in total. The van der Waals surface area contributed by atoms with Crippen molar-refractivity contribution in [1.29, 1.82) is 0 Å². The number of nitrogens with one attached hydrogen (secondary N) is 1. The number of carbonyl (C=O) groups is 1. The average Bonchev–Trinajstić information content (AvgIpc) is 2.75. The van der Waals surface area contributed by atoms with Crippen LogP contribution in [0.25, 0.3) is 0 Å². The molecule has 0 radical (unpaired) electrons. The van der Waals surface area contributed by atoms with Gasteiger partial charge in [-0.15, -0.1) is 0 Å². The first kappa shape index (κ1) is 14.8. The molecule has 0 saturated carbocycles. The third-order valence-electron chi connectivity index (χ3n) is 3.69. The molecule has 18 heavy (non-hydrogen) atoms. The van der Waals surface area contributed by atoms with Gasteiger partial charge >= 0.3 is 5.97 Å².